The van der Waals surface area contributed by atoms with Gasteiger partial charge in [0.05, 0.1) is 23.8 Å². The van der Waals surface area contributed by atoms with Crippen molar-refractivity contribution in [2.75, 3.05) is 5.75 Å². The van der Waals surface area contributed by atoms with Crippen LogP contribution in [0.5, 0.6) is 0 Å². The molecule has 2 aliphatic rings. The van der Waals surface area contributed by atoms with Crippen LogP contribution in [0.1, 0.15) is 34.6 Å². The summed E-state index contributed by atoms with van der Waals surface area (Å²) in [4.78, 5) is 20.0. The third kappa shape index (κ3) is 4.70. The third-order valence-corrected chi connectivity index (χ3v) is 13.9. The molecule has 1 aromatic carbocycles. The highest BCUT2D eigenvalue weighted by Crippen LogP contribution is 2.45. The number of β-lactam (4-membered cyclic amide) rings is 1. The van der Waals surface area contributed by atoms with Crippen molar-refractivity contribution in [2.45, 2.75) is 64.9 Å². The van der Waals surface area contributed by atoms with Gasteiger partial charge in [0.15, 0.2) is 13.5 Å². The van der Waals surface area contributed by atoms with E-state index in [-0.39, 0.29) is 29.0 Å². The lowest BCUT2D eigenvalue weighted by Crippen LogP contribution is -2.67. The van der Waals surface area contributed by atoms with Gasteiger partial charge in [-0.1, -0.05) is 44.1 Å². The van der Waals surface area contributed by atoms with Gasteiger partial charge in [-0.25, -0.2) is 4.99 Å². The highest BCUT2D eigenvalue weighted by Gasteiger charge is 2.55. The van der Waals surface area contributed by atoms with E-state index in [4.69, 9.17) is 21.0 Å². The zero-order valence-corrected chi connectivity index (χ0v) is 23.4. The number of halogens is 2. The van der Waals surface area contributed by atoms with Crippen LogP contribution in [0.15, 0.2) is 38.4 Å². The van der Waals surface area contributed by atoms with Gasteiger partial charge in [-0.15, -0.1) is 0 Å². The first kappa shape index (κ1) is 24.3. The smallest absolute Gasteiger partial charge is 0.237 e. The van der Waals surface area contributed by atoms with Crippen LogP contribution in [0.2, 0.25) is 23.2 Å². The molecule has 8 heteroatoms. The molecule has 1 amide bonds. The second-order valence-electron chi connectivity index (χ2n) is 9.51. The topological polar surface area (TPSA) is 41.9 Å². The first-order valence-electron chi connectivity index (χ1n) is 10.2. The van der Waals surface area contributed by atoms with Crippen LogP contribution < -0.4 is 0 Å². The molecule has 0 N–H and O–H groups in total. The van der Waals surface area contributed by atoms with Gasteiger partial charge in [0.25, 0.3) is 0 Å². The number of carbonyl (C=O) groups is 1. The van der Waals surface area contributed by atoms with Crippen molar-refractivity contribution < 1.29 is 9.22 Å². The molecule has 0 aliphatic carbocycles. The number of amidine groups is 1. The van der Waals surface area contributed by atoms with Crippen LogP contribution in [-0.4, -0.2) is 42.2 Å². The number of nitrogens with zero attached hydrogens (tertiary/aromatic N) is 2. The second kappa shape index (κ2) is 8.88. The predicted molar refractivity (Wildman–Crippen MR) is 140 cm³/mol. The van der Waals surface area contributed by atoms with Crippen molar-refractivity contribution in [1.29, 1.82) is 0 Å². The van der Waals surface area contributed by atoms with Gasteiger partial charge < -0.3 is 4.43 Å². The lowest BCUT2D eigenvalue weighted by atomic mass is 9.80. The SMILES string of the molecule is CC1=C(I)CSC(=Nc2ccc(Cl)cc2)N2C(=O)[C@H]([C@@H](C)O[Si](C)(C)C(C)(C)C)[C@@H]12. The van der Waals surface area contributed by atoms with Crippen LogP contribution in [-0.2, 0) is 9.22 Å². The molecule has 30 heavy (non-hydrogen) atoms. The summed E-state index contributed by atoms with van der Waals surface area (Å²) in [5.74, 6) is 0.762. The molecule has 3 atom stereocenters. The Kier molecular flexibility index (Phi) is 7.19. The van der Waals surface area contributed by atoms with Crippen LogP contribution in [0.25, 0.3) is 0 Å². The average molecular weight is 577 g/mol. The molecule has 1 saturated heterocycles. The van der Waals surface area contributed by atoms with Gasteiger partial charge in [0.2, 0.25) is 5.91 Å². The van der Waals surface area contributed by atoms with Gasteiger partial charge in [-0.05, 0) is 84.4 Å². The summed E-state index contributed by atoms with van der Waals surface area (Å²) in [5, 5.41) is 1.54. The maximum Gasteiger partial charge on any atom is 0.237 e. The molecular formula is C22H30ClIN2O2SSi. The second-order valence-corrected chi connectivity index (χ2v) is 16.9. The van der Waals surface area contributed by atoms with Gasteiger partial charge >= 0.3 is 0 Å². The van der Waals surface area contributed by atoms with E-state index in [9.17, 15) is 4.79 Å². The third-order valence-electron chi connectivity index (χ3n) is 6.39. The lowest BCUT2D eigenvalue weighted by Gasteiger charge is -2.51. The fraction of sp³-hybridized carbons (Fsp3) is 0.545. The Balaban J connectivity index is 1.91. The van der Waals surface area contributed by atoms with Gasteiger partial charge in [-0.3, -0.25) is 9.69 Å². The van der Waals surface area contributed by atoms with Gasteiger partial charge in [0.1, 0.15) is 0 Å². The Hall–Kier alpha value is -0.353. The van der Waals surface area contributed by atoms with Crippen molar-refractivity contribution in [3.05, 3.63) is 38.4 Å². The number of fused-ring (bicyclic) bond motifs is 1. The summed E-state index contributed by atoms with van der Waals surface area (Å²) in [6.45, 7) is 15.4. The number of carbonyl (C=O) groups excluding carboxylic acids is 1. The molecule has 0 radical (unpaired) electrons. The van der Waals surface area contributed by atoms with Gasteiger partial charge in [0, 0.05) is 14.4 Å². The number of thioether (sulfide) groups is 1. The Morgan fingerprint density at radius 1 is 1.30 bits per heavy atom. The van der Waals surface area contributed by atoms with E-state index in [1.807, 2.05) is 29.2 Å². The summed E-state index contributed by atoms with van der Waals surface area (Å²) < 4.78 is 7.90. The highest BCUT2D eigenvalue weighted by molar-refractivity contribution is 14.1. The molecule has 1 aromatic rings. The number of rotatable bonds is 4. The molecule has 4 nitrogen and oxygen atoms in total. The fourth-order valence-electron chi connectivity index (χ4n) is 3.54. The van der Waals surface area contributed by atoms with Crippen molar-refractivity contribution >= 4 is 71.0 Å². The molecule has 0 saturated carbocycles. The van der Waals surface area contributed by atoms with E-state index in [0.29, 0.717) is 5.02 Å². The van der Waals surface area contributed by atoms with Crippen LogP contribution >= 0.6 is 46.0 Å². The Bertz CT molecular complexity index is 895. The van der Waals surface area contributed by atoms with Crippen LogP contribution in [0, 0.1) is 5.92 Å². The summed E-state index contributed by atoms with van der Waals surface area (Å²) in [5.41, 5.74) is 2.05. The van der Waals surface area contributed by atoms with E-state index >= 15 is 0 Å². The van der Waals surface area contributed by atoms with Crippen molar-refractivity contribution in [3.63, 3.8) is 0 Å². The zero-order valence-electron chi connectivity index (χ0n) is 18.6. The maximum atomic E-state index is 13.4. The van der Waals surface area contributed by atoms with E-state index in [1.54, 1.807) is 11.8 Å². The van der Waals surface area contributed by atoms with E-state index in [2.05, 4.69) is 70.3 Å². The minimum absolute atomic E-state index is 0.00483. The number of amides is 1. The molecular weight excluding hydrogens is 547 g/mol. The first-order valence-corrected chi connectivity index (χ1v) is 15.5. The fourth-order valence-corrected chi connectivity index (χ4v) is 6.88. The molecule has 3 rings (SSSR count). The summed E-state index contributed by atoms with van der Waals surface area (Å²) in [6.07, 6.45) is -0.126. The van der Waals surface area contributed by atoms with Crippen molar-refractivity contribution in [2.24, 2.45) is 10.9 Å². The molecule has 1 fully saturated rings. The average Bonchev–Trinajstić information content (AvgIpc) is 2.72. The summed E-state index contributed by atoms with van der Waals surface area (Å²) >= 11 is 10.0. The highest BCUT2D eigenvalue weighted by atomic mass is 127. The standard InChI is InChI=1S/C22H30ClIN2O2SSi/c1-13-17(24)12-29-21(25-16-10-8-15(23)9-11-16)26-19(13)18(20(26)27)14(2)28-30(6,7)22(3,4)5/h8-11,14,18-19H,12H2,1-7H3/t14-,18-,19-/m1/s1. The Morgan fingerprint density at radius 2 is 1.90 bits per heavy atom. The normalized spacial score (nSPS) is 25.2. The molecule has 164 valence electrons. The predicted octanol–water partition coefficient (Wildman–Crippen LogP) is 7.02. The van der Waals surface area contributed by atoms with E-state index in [0.717, 1.165) is 16.6 Å². The van der Waals surface area contributed by atoms with Crippen molar-refractivity contribution in [3.8, 4) is 0 Å². The number of benzene rings is 1. The summed E-state index contributed by atoms with van der Waals surface area (Å²) in [6, 6.07) is 7.41. The van der Waals surface area contributed by atoms with E-state index in [1.165, 1.54) is 9.15 Å². The van der Waals surface area contributed by atoms with Gasteiger partial charge in [-0.2, -0.15) is 0 Å². The quantitative estimate of drug-likeness (QED) is 0.220. The first-order chi connectivity index (χ1) is 13.8. The number of hydrogen-bond acceptors (Lipinski definition) is 4. The number of aliphatic imine (C=N–C) groups is 1. The molecule has 0 spiro atoms. The number of hydrogen-bond donors (Lipinski definition) is 0. The Labute approximate surface area is 204 Å². The lowest BCUT2D eigenvalue weighted by molar-refractivity contribution is -0.151. The van der Waals surface area contributed by atoms with Crippen LogP contribution in [0.4, 0.5) is 5.69 Å². The largest absolute Gasteiger partial charge is 0.413 e. The molecule has 0 bridgehead atoms. The molecule has 2 heterocycles. The maximum absolute atomic E-state index is 13.4. The van der Waals surface area contributed by atoms with Crippen molar-refractivity contribution in [1.82, 2.24) is 4.90 Å². The van der Waals surface area contributed by atoms with Crippen LogP contribution in [0.3, 0.4) is 0 Å². The monoisotopic (exact) mass is 576 g/mol. The Morgan fingerprint density at radius 3 is 2.47 bits per heavy atom. The van der Waals surface area contributed by atoms with E-state index < -0.39 is 8.32 Å². The minimum atomic E-state index is -1.97. The minimum Gasteiger partial charge on any atom is -0.413 e. The molecule has 0 aromatic heterocycles. The zero-order chi connectivity index (χ0) is 22.4. The summed E-state index contributed by atoms with van der Waals surface area (Å²) in [7, 11) is -1.97. The molecule has 0 unspecified atom stereocenters. The molecule has 2 aliphatic heterocycles.